The summed E-state index contributed by atoms with van der Waals surface area (Å²) in [6.45, 7) is 0. The highest BCUT2D eigenvalue weighted by Gasteiger charge is 2.25. The Morgan fingerprint density at radius 3 is 2.52 bits per heavy atom. The number of esters is 2. The fourth-order valence-corrected chi connectivity index (χ4v) is 1.42. The number of benzene rings is 1. The van der Waals surface area contributed by atoms with Gasteiger partial charge in [0, 0.05) is 12.5 Å². The van der Waals surface area contributed by atoms with Crippen LogP contribution in [0.25, 0.3) is 0 Å². The fraction of sp³-hybridized carbons (Fsp3) is 0.250. The highest BCUT2D eigenvalue weighted by atomic mass is 16.6. The van der Waals surface area contributed by atoms with Crippen LogP contribution in [-0.2, 0) is 14.3 Å². The average molecular weight is 296 g/mol. The van der Waals surface area contributed by atoms with Crippen molar-refractivity contribution in [1.29, 1.82) is 0 Å². The van der Waals surface area contributed by atoms with E-state index in [1.165, 1.54) is 12.1 Å². The van der Waals surface area contributed by atoms with E-state index < -0.39 is 34.6 Å². The Morgan fingerprint density at radius 2 is 1.95 bits per heavy atom. The van der Waals surface area contributed by atoms with Gasteiger partial charge in [0.25, 0.3) is 5.69 Å². The Bertz CT molecular complexity index is 585. The first kappa shape index (κ1) is 16.2. The maximum absolute atomic E-state index is 11.7. The summed E-state index contributed by atoms with van der Waals surface area (Å²) in [6, 6.07) is 3.66. The lowest BCUT2D eigenvalue weighted by atomic mass is 10.1. The first-order valence-electron chi connectivity index (χ1n) is 5.79. The summed E-state index contributed by atoms with van der Waals surface area (Å²) in [5.41, 5.74) is 4.47. The first-order valence-corrected chi connectivity index (χ1v) is 5.79. The van der Waals surface area contributed by atoms with Gasteiger partial charge in [-0.2, -0.15) is 0 Å². The maximum atomic E-state index is 11.7. The summed E-state index contributed by atoms with van der Waals surface area (Å²) < 4.78 is 4.42. The Hall–Kier alpha value is -2.81. The summed E-state index contributed by atoms with van der Waals surface area (Å²) in [4.78, 5) is 43.5. The van der Waals surface area contributed by atoms with Crippen molar-refractivity contribution in [3.05, 3.63) is 39.9 Å². The van der Waals surface area contributed by atoms with Gasteiger partial charge in [-0.1, -0.05) is 12.1 Å². The molecule has 0 spiro atoms. The van der Waals surface area contributed by atoms with Crippen LogP contribution in [0.3, 0.4) is 0 Å². The standard InChI is InChI=1S/C12H12N2O7/c13-8(5-6-10(15)16)12(18)21-11(17)7-3-1-2-4-9(7)14(19)20/h1-4,8H,5-6,13H2,(H,15,16)/t8-/m0/s1. The van der Waals surface area contributed by atoms with E-state index in [0.717, 1.165) is 12.1 Å². The zero-order valence-corrected chi connectivity index (χ0v) is 10.7. The molecule has 9 nitrogen and oxygen atoms in total. The number of carboxylic acids is 1. The molecule has 1 aromatic carbocycles. The van der Waals surface area contributed by atoms with Crippen LogP contribution in [0.5, 0.6) is 0 Å². The second-order valence-corrected chi connectivity index (χ2v) is 4.02. The van der Waals surface area contributed by atoms with Crippen molar-refractivity contribution in [2.45, 2.75) is 18.9 Å². The molecular formula is C12H12N2O7. The quantitative estimate of drug-likeness (QED) is 0.333. The summed E-state index contributed by atoms with van der Waals surface area (Å²) in [7, 11) is 0. The SMILES string of the molecule is N[C@@H](CCC(=O)O)C(=O)OC(=O)c1ccccc1[N+](=O)[O-]. The van der Waals surface area contributed by atoms with Crippen LogP contribution in [0, 0.1) is 10.1 Å². The minimum atomic E-state index is -1.30. The number of nitro benzene ring substituents is 1. The van der Waals surface area contributed by atoms with E-state index in [0.29, 0.717) is 0 Å². The molecule has 21 heavy (non-hydrogen) atoms. The zero-order chi connectivity index (χ0) is 16.0. The lowest BCUT2D eigenvalue weighted by Gasteiger charge is -2.09. The molecule has 0 aliphatic carbocycles. The van der Waals surface area contributed by atoms with E-state index in [9.17, 15) is 24.5 Å². The van der Waals surface area contributed by atoms with Crippen LogP contribution in [0.4, 0.5) is 5.69 Å². The van der Waals surface area contributed by atoms with Gasteiger partial charge in [-0.05, 0) is 12.5 Å². The van der Waals surface area contributed by atoms with Crippen molar-refractivity contribution in [3.8, 4) is 0 Å². The topological polar surface area (TPSA) is 150 Å². The molecule has 0 aliphatic heterocycles. The van der Waals surface area contributed by atoms with Gasteiger partial charge in [-0.3, -0.25) is 14.9 Å². The van der Waals surface area contributed by atoms with Gasteiger partial charge in [0.05, 0.1) is 4.92 Å². The van der Waals surface area contributed by atoms with Crippen LogP contribution < -0.4 is 5.73 Å². The van der Waals surface area contributed by atoms with Gasteiger partial charge in [-0.15, -0.1) is 0 Å². The number of carboxylic acid groups (broad SMARTS) is 1. The molecule has 0 unspecified atom stereocenters. The molecule has 0 radical (unpaired) electrons. The van der Waals surface area contributed by atoms with E-state index in [4.69, 9.17) is 10.8 Å². The van der Waals surface area contributed by atoms with Gasteiger partial charge < -0.3 is 15.6 Å². The minimum absolute atomic E-state index is 0.210. The van der Waals surface area contributed by atoms with Crippen LogP contribution in [0.1, 0.15) is 23.2 Å². The highest BCUT2D eigenvalue weighted by molar-refractivity contribution is 6.00. The van der Waals surface area contributed by atoms with E-state index >= 15 is 0 Å². The van der Waals surface area contributed by atoms with Crippen LogP contribution >= 0.6 is 0 Å². The number of nitrogens with two attached hydrogens (primary N) is 1. The van der Waals surface area contributed by atoms with Crippen molar-refractivity contribution in [3.63, 3.8) is 0 Å². The molecule has 3 N–H and O–H groups in total. The van der Waals surface area contributed by atoms with Gasteiger partial charge in [0.2, 0.25) is 0 Å². The largest absolute Gasteiger partial charge is 0.481 e. The van der Waals surface area contributed by atoms with Crippen LogP contribution in [0.2, 0.25) is 0 Å². The molecule has 0 aromatic heterocycles. The summed E-state index contributed by atoms with van der Waals surface area (Å²) in [5.74, 6) is -3.50. The van der Waals surface area contributed by atoms with Crippen molar-refractivity contribution in [2.24, 2.45) is 5.73 Å². The second-order valence-electron chi connectivity index (χ2n) is 4.02. The third-order valence-electron chi connectivity index (χ3n) is 2.49. The molecule has 1 rings (SSSR count). The Labute approximate surface area is 118 Å². The Balaban J connectivity index is 2.75. The number of hydrogen-bond donors (Lipinski definition) is 2. The number of nitrogens with zero attached hydrogens (tertiary/aromatic N) is 1. The normalized spacial score (nSPS) is 11.5. The predicted molar refractivity (Wildman–Crippen MR) is 68.4 cm³/mol. The van der Waals surface area contributed by atoms with Crippen molar-refractivity contribution in [2.75, 3.05) is 0 Å². The van der Waals surface area contributed by atoms with E-state index in [2.05, 4.69) is 4.74 Å². The number of hydrogen-bond acceptors (Lipinski definition) is 7. The number of para-hydroxylation sites is 1. The van der Waals surface area contributed by atoms with Gasteiger partial charge in [0.1, 0.15) is 11.6 Å². The predicted octanol–water partition coefficient (Wildman–Crippen LogP) is 0.470. The Morgan fingerprint density at radius 1 is 1.33 bits per heavy atom. The number of aliphatic carboxylic acids is 1. The molecule has 0 amide bonds. The average Bonchev–Trinajstić information content (AvgIpc) is 2.44. The third-order valence-corrected chi connectivity index (χ3v) is 2.49. The summed E-state index contributed by atoms with van der Waals surface area (Å²) in [6.07, 6.45) is -0.575. The summed E-state index contributed by atoms with van der Waals surface area (Å²) in [5, 5.41) is 19.2. The van der Waals surface area contributed by atoms with Crippen molar-refractivity contribution < 1.29 is 29.2 Å². The third kappa shape index (κ3) is 4.66. The molecule has 0 aliphatic rings. The van der Waals surface area contributed by atoms with Crippen LogP contribution in [-0.4, -0.2) is 34.0 Å². The zero-order valence-electron chi connectivity index (χ0n) is 10.7. The lowest BCUT2D eigenvalue weighted by molar-refractivity contribution is -0.385. The van der Waals surface area contributed by atoms with Crippen molar-refractivity contribution >= 4 is 23.6 Å². The van der Waals surface area contributed by atoms with E-state index in [-0.39, 0.29) is 18.4 Å². The minimum Gasteiger partial charge on any atom is -0.481 e. The van der Waals surface area contributed by atoms with Crippen LogP contribution in [0.15, 0.2) is 24.3 Å². The molecule has 1 aromatic rings. The molecule has 9 heteroatoms. The molecule has 0 fully saturated rings. The van der Waals surface area contributed by atoms with Gasteiger partial charge in [0.15, 0.2) is 0 Å². The first-order chi connectivity index (χ1) is 9.82. The Kier molecular flexibility index (Phi) is 5.49. The molecule has 0 bridgehead atoms. The monoisotopic (exact) mass is 296 g/mol. The number of carbonyl (C=O) groups excluding carboxylic acids is 2. The number of nitro groups is 1. The molecule has 0 heterocycles. The second kappa shape index (κ2) is 7.10. The number of carbonyl (C=O) groups is 3. The summed E-state index contributed by atoms with van der Waals surface area (Å²) >= 11 is 0. The van der Waals surface area contributed by atoms with Crippen molar-refractivity contribution in [1.82, 2.24) is 0 Å². The number of rotatable bonds is 6. The lowest BCUT2D eigenvalue weighted by Crippen LogP contribution is -2.34. The fourth-order valence-electron chi connectivity index (χ4n) is 1.42. The molecule has 0 saturated heterocycles. The molecule has 0 saturated carbocycles. The maximum Gasteiger partial charge on any atom is 0.352 e. The molecule has 112 valence electrons. The van der Waals surface area contributed by atoms with Gasteiger partial charge in [-0.25, -0.2) is 9.59 Å². The van der Waals surface area contributed by atoms with Gasteiger partial charge >= 0.3 is 17.9 Å². The smallest absolute Gasteiger partial charge is 0.352 e. The van der Waals surface area contributed by atoms with E-state index in [1.54, 1.807) is 0 Å². The molecular weight excluding hydrogens is 284 g/mol. The molecule has 1 atom stereocenters. The highest BCUT2D eigenvalue weighted by Crippen LogP contribution is 2.18. The number of ether oxygens (including phenoxy) is 1. The van der Waals surface area contributed by atoms with E-state index in [1.807, 2.05) is 0 Å².